The third-order valence-corrected chi connectivity index (χ3v) is 3.02. The minimum absolute atomic E-state index is 0.116. The highest BCUT2D eigenvalue weighted by molar-refractivity contribution is 9.10. The van der Waals surface area contributed by atoms with Crippen LogP contribution >= 0.6 is 15.9 Å². The molecule has 0 aliphatic heterocycles. The van der Waals surface area contributed by atoms with Crippen LogP contribution in [-0.4, -0.2) is 30.4 Å². The maximum absolute atomic E-state index is 13.2. The average Bonchev–Trinajstić information content (AvgIpc) is 2.31. The Bertz CT molecular complexity index is 385. The standard InChI is InChI=1S/C13H19BrFNO2/c1-3-6-16-8-13(2,17)9-18-10-4-5-11(14)12(15)7-10/h4-5,7,16-17H,3,6,8-9H2,1-2H3. The Morgan fingerprint density at radius 1 is 1.50 bits per heavy atom. The number of ether oxygens (including phenoxy) is 1. The normalized spacial score (nSPS) is 14.3. The van der Waals surface area contributed by atoms with Gasteiger partial charge in [0, 0.05) is 12.6 Å². The van der Waals surface area contributed by atoms with E-state index in [1.165, 1.54) is 6.07 Å². The molecule has 0 fully saturated rings. The zero-order valence-corrected chi connectivity index (χ0v) is 12.3. The molecule has 18 heavy (non-hydrogen) atoms. The smallest absolute Gasteiger partial charge is 0.141 e. The summed E-state index contributed by atoms with van der Waals surface area (Å²) in [7, 11) is 0. The number of aliphatic hydroxyl groups is 1. The Kier molecular flexibility index (Phi) is 6.05. The number of rotatable bonds is 7. The first kappa shape index (κ1) is 15.4. The minimum Gasteiger partial charge on any atom is -0.490 e. The highest BCUT2D eigenvalue weighted by Crippen LogP contribution is 2.21. The van der Waals surface area contributed by atoms with Crippen LogP contribution in [0.4, 0.5) is 4.39 Å². The Labute approximate surface area is 115 Å². The van der Waals surface area contributed by atoms with Gasteiger partial charge in [-0.1, -0.05) is 6.92 Å². The number of hydrogen-bond donors (Lipinski definition) is 2. The van der Waals surface area contributed by atoms with Crippen LogP contribution in [0.2, 0.25) is 0 Å². The third-order valence-electron chi connectivity index (χ3n) is 2.37. The molecule has 1 aromatic rings. The molecule has 0 saturated heterocycles. The first-order valence-electron chi connectivity index (χ1n) is 5.95. The summed E-state index contributed by atoms with van der Waals surface area (Å²) in [6.45, 7) is 5.15. The minimum atomic E-state index is -0.973. The van der Waals surface area contributed by atoms with E-state index in [2.05, 4.69) is 28.2 Å². The summed E-state index contributed by atoms with van der Waals surface area (Å²) in [6, 6.07) is 4.52. The van der Waals surface area contributed by atoms with Gasteiger partial charge in [0.1, 0.15) is 23.8 Å². The molecule has 0 radical (unpaired) electrons. The summed E-state index contributed by atoms with van der Waals surface area (Å²) < 4.78 is 19.0. The molecule has 0 spiro atoms. The van der Waals surface area contributed by atoms with Crippen molar-refractivity contribution in [1.82, 2.24) is 5.32 Å². The molecule has 1 atom stereocenters. The summed E-state index contributed by atoms with van der Waals surface area (Å²) >= 11 is 3.07. The molecule has 102 valence electrons. The lowest BCUT2D eigenvalue weighted by Gasteiger charge is -2.24. The topological polar surface area (TPSA) is 41.5 Å². The summed E-state index contributed by atoms with van der Waals surface area (Å²) in [5, 5.41) is 13.2. The predicted molar refractivity (Wildman–Crippen MR) is 73.4 cm³/mol. The van der Waals surface area contributed by atoms with Gasteiger partial charge >= 0.3 is 0 Å². The lowest BCUT2D eigenvalue weighted by molar-refractivity contribution is 0.0124. The van der Waals surface area contributed by atoms with Crippen LogP contribution in [0.1, 0.15) is 20.3 Å². The van der Waals surface area contributed by atoms with Crippen molar-refractivity contribution in [3.8, 4) is 5.75 Å². The number of halogens is 2. The van der Waals surface area contributed by atoms with Gasteiger partial charge in [0.15, 0.2) is 0 Å². The molecule has 0 bridgehead atoms. The van der Waals surface area contributed by atoms with E-state index in [4.69, 9.17) is 4.74 Å². The summed E-state index contributed by atoms with van der Waals surface area (Å²) in [4.78, 5) is 0. The molecule has 1 rings (SSSR count). The fourth-order valence-electron chi connectivity index (χ4n) is 1.39. The largest absolute Gasteiger partial charge is 0.490 e. The molecule has 1 aromatic carbocycles. The first-order chi connectivity index (χ1) is 8.44. The molecule has 0 aliphatic carbocycles. The van der Waals surface area contributed by atoms with E-state index >= 15 is 0 Å². The maximum atomic E-state index is 13.2. The molecule has 0 aromatic heterocycles. The molecular formula is C13H19BrFNO2. The summed E-state index contributed by atoms with van der Waals surface area (Å²) in [5.41, 5.74) is -0.973. The molecule has 0 saturated carbocycles. The number of hydrogen-bond acceptors (Lipinski definition) is 3. The van der Waals surface area contributed by atoms with Crippen LogP contribution in [0.25, 0.3) is 0 Å². The zero-order valence-electron chi connectivity index (χ0n) is 10.7. The van der Waals surface area contributed by atoms with Crippen molar-refractivity contribution >= 4 is 15.9 Å². The van der Waals surface area contributed by atoms with Crippen molar-refractivity contribution in [1.29, 1.82) is 0 Å². The van der Waals surface area contributed by atoms with Gasteiger partial charge in [-0.25, -0.2) is 4.39 Å². The number of nitrogens with one attached hydrogen (secondary N) is 1. The van der Waals surface area contributed by atoms with Crippen LogP contribution in [0.3, 0.4) is 0 Å². The Morgan fingerprint density at radius 3 is 2.83 bits per heavy atom. The second-order valence-electron chi connectivity index (χ2n) is 4.54. The Balaban J connectivity index is 2.45. The van der Waals surface area contributed by atoms with E-state index in [0.717, 1.165) is 13.0 Å². The first-order valence-corrected chi connectivity index (χ1v) is 6.75. The van der Waals surface area contributed by atoms with Gasteiger partial charge in [0.05, 0.1) is 4.47 Å². The summed E-state index contributed by atoms with van der Waals surface area (Å²) in [5.74, 6) is 0.0303. The van der Waals surface area contributed by atoms with E-state index in [0.29, 0.717) is 16.8 Å². The van der Waals surface area contributed by atoms with Crippen LogP contribution in [0, 0.1) is 5.82 Å². The van der Waals surface area contributed by atoms with E-state index in [9.17, 15) is 9.50 Å². The monoisotopic (exact) mass is 319 g/mol. The maximum Gasteiger partial charge on any atom is 0.141 e. The SMILES string of the molecule is CCCNCC(C)(O)COc1ccc(Br)c(F)c1. The third kappa shape index (κ3) is 5.33. The van der Waals surface area contributed by atoms with Crippen LogP contribution in [0.5, 0.6) is 5.75 Å². The van der Waals surface area contributed by atoms with Gasteiger partial charge in [0.25, 0.3) is 0 Å². The van der Waals surface area contributed by atoms with Crippen molar-refractivity contribution in [2.24, 2.45) is 0 Å². The fraction of sp³-hybridized carbons (Fsp3) is 0.538. The van der Waals surface area contributed by atoms with Gasteiger partial charge < -0.3 is 15.2 Å². The predicted octanol–water partition coefficient (Wildman–Crippen LogP) is 2.72. The molecular weight excluding hydrogens is 301 g/mol. The van der Waals surface area contributed by atoms with Crippen LogP contribution in [-0.2, 0) is 0 Å². The zero-order chi connectivity index (χ0) is 13.6. The summed E-state index contributed by atoms with van der Waals surface area (Å²) in [6.07, 6.45) is 1.01. The van der Waals surface area contributed by atoms with Crippen molar-refractivity contribution in [3.05, 3.63) is 28.5 Å². The lowest BCUT2D eigenvalue weighted by Crippen LogP contribution is -2.43. The molecule has 2 N–H and O–H groups in total. The Morgan fingerprint density at radius 2 is 2.22 bits per heavy atom. The molecule has 3 nitrogen and oxygen atoms in total. The molecule has 1 unspecified atom stereocenters. The molecule has 5 heteroatoms. The second-order valence-corrected chi connectivity index (χ2v) is 5.39. The van der Waals surface area contributed by atoms with Crippen molar-refractivity contribution < 1.29 is 14.2 Å². The van der Waals surface area contributed by atoms with E-state index in [1.807, 2.05) is 0 Å². The second kappa shape index (κ2) is 7.07. The fourth-order valence-corrected chi connectivity index (χ4v) is 1.64. The van der Waals surface area contributed by atoms with Crippen LogP contribution in [0.15, 0.2) is 22.7 Å². The van der Waals surface area contributed by atoms with E-state index < -0.39 is 5.60 Å². The van der Waals surface area contributed by atoms with Crippen LogP contribution < -0.4 is 10.1 Å². The quantitative estimate of drug-likeness (QED) is 0.759. The van der Waals surface area contributed by atoms with Gasteiger partial charge in [-0.3, -0.25) is 0 Å². The highest BCUT2D eigenvalue weighted by Gasteiger charge is 2.20. The van der Waals surface area contributed by atoms with Crippen molar-refractivity contribution in [2.75, 3.05) is 19.7 Å². The average molecular weight is 320 g/mol. The highest BCUT2D eigenvalue weighted by atomic mass is 79.9. The Hall–Kier alpha value is -0.650. The molecule has 0 heterocycles. The molecule has 0 aliphatic rings. The van der Waals surface area contributed by atoms with Gasteiger partial charge in [0.2, 0.25) is 0 Å². The molecule has 0 amide bonds. The van der Waals surface area contributed by atoms with E-state index in [1.54, 1.807) is 19.1 Å². The lowest BCUT2D eigenvalue weighted by atomic mass is 10.1. The van der Waals surface area contributed by atoms with Gasteiger partial charge in [-0.2, -0.15) is 0 Å². The van der Waals surface area contributed by atoms with Crippen molar-refractivity contribution in [3.63, 3.8) is 0 Å². The number of benzene rings is 1. The van der Waals surface area contributed by atoms with Gasteiger partial charge in [-0.15, -0.1) is 0 Å². The van der Waals surface area contributed by atoms with Gasteiger partial charge in [-0.05, 0) is 48.0 Å². The van der Waals surface area contributed by atoms with E-state index in [-0.39, 0.29) is 12.4 Å². The van der Waals surface area contributed by atoms with Crippen molar-refractivity contribution in [2.45, 2.75) is 25.9 Å².